The molecule has 0 spiro atoms. The molecule has 1 aromatic heterocycles. The van der Waals surface area contributed by atoms with Crippen molar-refractivity contribution in [2.75, 3.05) is 6.26 Å². The number of fused-ring (bicyclic) bond motifs is 1. The molecule has 200 valence electrons. The Bertz CT molecular complexity index is 1790. The Morgan fingerprint density at radius 1 is 1.03 bits per heavy atom. The van der Waals surface area contributed by atoms with Gasteiger partial charge < -0.3 is 4.74 Å². The van der Waals surface area contributed by atoms with Gasteiger partial charge in [-0.25, -0.2) is 26.6 Å². The lowest BCUT2D eigenvalue weighted by Crippen LogP contribution is -2.35. The molecule has 0 fully saturated rings. The van der Waals surface area contributed by atoms with Crippen molar-refractivity contribution in [3.05, 3.63) is 87.5 Å². The minimum atomic E-state index is -5.10. The first-order valence-corrected chi connectivity index (χ1v) is 15.2. The number of rotatable bonds is 7. The summed E-state index contributed by atoms with van der Waals surface area (Å²) in [6.07, 6.45) is -0.0442. The van der Waals surface area contributed by atoms with Crippen LogP contribution >= 0.6 is 23.2 Å². The topological polar surface area (TPSA) is 124 Å². The second-order valence-electron chi connectivity index (χ2n) is 8.07. The highest BCUT2D eigenvalue weighted by atomic mass is 35.5. The first-order valence-electron chi connectivity index (χ1n) is 10.5. The van der Waals surface area contributed by atoms with Crippen LogP contribution in [0.3, 0.4) is 0 Å². The molecule has 4 aromatic rings. The second-order valence-corrected chi connectivity index (χ2v) is 14.5. The van der Waals surface area contributed by atoms with Gasteiger partial charge in [-0.3, -0.25) is 4.79 Å². The van der Waals surface area contributed by atoms with Crippen LogP contribution in [0, 0.1) is 11.6 Å². The smallest absolute Gasteiger partial charge is 0.341 e. The Kier molecular flexibility index (Phi) is 7.40. The Labute approximate surface area is 225 Å². The Hall–Kier alpha value is -3.26. The summed E-state index contributed by atoms with van der Waals surface area (Å²) in [5.74, 6) is -2.67. The number of hydrogen-bond donors (Lipinski definition) is 1. The summed E-state index contributed by atoms with van der Waals surface area (Å²) in [6.45, 7) is 1.78. The summed E-state index contributed by atoms with van der Waals surface area (Å²) >= 11 is 12.6. The van der Waals surface area contributed by atoms with Crippen molar-refractivity contribution in [1.82, 2.24) is 14.5 Å². The predicted molar refractivity (Wildman–Crippen MR) is 138 cm³/mol. The molecule has 38 heavy (non-hydrogen) atoms. The van der Waals surface area contributed by atoms with Crippen LogP contribution in [0.5, 0.6) is 5.75 Å². The van der Waals surface area contributed by atoms with E-state index in [-0.39, 0.29) is 21.7 Å². The zero-order chi connectivity index (χ0) is 28.0. The largest absolute Gasteiger partial charge is 0.486 e. The lowest BCUT2D eigenvalue weighted by Gasteiger charge is -2.15. The molecule has 9 nitrogen and oxygen atoms in total. The fraction of sp³-hybridized carbons (Fsp3) is 0.130. The predicted octanol–water partition coefficient (Wildman–Crippen LogP) is 4.77. The standard InChI is InChI=1S/C23H17Cl2F2N3O6S2/c1-12(13-3-5-14(26)6-4-13)36-15-7-8-20-17(9-15)22(25)28-30(20)21-11-19(27)16(10-18(21)24)23(31)29-38(34,35)37(2,32)33/h3-12H,1-2H3,(H,29,31). The normalized spacial score (nSPS) is 12.9. The first kappa shape index (κ1) is 27.8. The summed E-state index contributed by atoms with van der Waals surface area (Å²) < 4.78 is 82.6. The average molecular weight is 604 g/mol. The Morgan fingerprint density at radius 3 is 2.32 bits per heavy atom. The van der Waals surface area contributed by atoms with Crippen molar-refractivity contribution in [1.29, 1.82) is 0 Å². The summed E-state index contributed by atoms with van der Waals surface area (Å²) in [7, 11) is -9.79. The van der Waals surface area contributed by atoms with E-state index >= 15 is 0 Å². The van der Waals surface area contributed by atoms with Crippen molar-refractivity contribution >= 4 is 57.9 Å². The summed E-state index contributed by atoms with van der Waals surface area (Å²) in [6, 6.07) is 12.3. The van der Waals surface area contributed by atoms with Gasteiger partial charge in [0, 0.05) is 11.5 Å². The molecule has 0 aliphatic rings. The Morgan fingerprint density at radius 2 is 1.68 bits per heavy atom. The van der Waals surface area contributed by atoms with E-state index in [4.69, 9.17) is 27.9 Å². The summed E-state index contributed by atoms with van der Waals surface area (Å²) in [5.41, 5.74) is 0.301. The van der Waals surface area contributed by atoms with Gasteiger partial charge in [-0.05, 0) is 48.9 Å². The van der Waals surface area contributed by atoms with Crippen LogP contribution in [-0.4, -0.2) is 38.8 Å². The van der Waals surface area contributed by atoms with E-state index in [9.17, 15) is 30.4 Å². The van der Waals surface area contributed by atoms with Gasteiger partial charge in [-0.1, -0.05) is 35.3 Å². The molecule has 1 unspecified atom stereocenters. The molecule has 1 N–H and O–H groups in total. The average Bonchev–Trinajstić information content (AvgIpc) is 3.15. The number of nitrogens with zero attached hydrogens (tertiary/aromatic N) is 2. The zero-order valence-corrected chi connectivity index (χ0v) is 22.6. The SMILES string of the molecule is CC(Oc1ccc2c(c1)c(Cl)nn2-c1cc(F)c(C(=O)NS(=O)(=O)S(C)(=O)=O)cc1Cl)c1ccc(F)cc1. The maximum Gasteiger partial charge on any atom is 0.341 e. The monoisotopic (exact) mass is 603 g/mol. The Balaban J connectivity index is 1.66. The number of halogens is 4. The molecule has 3 aromatic carbocycles. The van der Waals surface area contributed by atoms with Crippen LogP contribution in [0.1, 0.15) is 28.9 Å². The van der Waals surface area contributed by atoms with Crippen LogP contribution < -0.4 is 9.46 Å². The highest BCUT2D eigenvalue weighted by Crippen LogP contribution is 2.33. The van der Waals surface area contributed by atoms with Gasteiger partial charge in [-0.2, -0.15) is 13.5 Å². The molecule has 1 atom stereocenters. The minimum Gasteiger partial charge on any atom is -0.486 e. The maximum atomic E-state index is 14.9. The zero-order valence-electron chi connectivity index (χ0n) is 19.4. The number of carbonyl (C=O) groups is 1. The number of hydrogen-bond acceptors (Lipinski definition) is 7. The van der Waals surface area contributed by atoms with Crippen molar-refractivity contribution in [2.45, 2.75) is 13.0 Å². The molecule has 0 saturated heterocycles. The van der Waals surface area contributed by atoms with E-state index in [2.05, 4.69) is 5.10 Å². The summed E-state index contributed by atoms with van der Waals surface area (Å²) in [5, 5.41) is 4.42. The molecule has 4 rings (SSSR count). The third kappa shape index (κ3) is 5.46. The van der Waals surface area contributed by atoms with Gasteiger partial charge in [0.05, 0.1) is 28.0 Å². The number of carbonyl (C=O) groups excluding carboxylic acids is 1. The van der Waals surface area contributed by atoms with Crippen LogP contribution in [-0.2, 0) is 17.9 Å². The molecule has 0 bridgehead atoms. The van der Waals surface area contributed by atoms with Gasteiger partial charge in [0.15, 0.2) is 5.15 Å². The van der Waals surface area contributed by atoms with Crippen LogP contribution in [0.2, 0.25) is 10.2 Å². The molecular formula is C23H17Cl2F2N3O6S2. The quantitative estimate of drug-likeness (QED) is 0.302. The lowest BCUT2D eigenvalue weighted by molar-refractivity contribution is 0.0978. The number of amides is 1. The molecule has 0 saturated carbocycles. The molecule has 0 radical (unpaired) electrons. The van der Waals surface area contributed by atoms with Gasteiger partial charge in [0.2, 0.25) is 0 Å². The van der Waals surface area contributed by atoms with E-state index in [0.29, 0.717) is 22.9 Å². The molecule has 15 heteroatoms. The number of ether oxygens (including phenoxy) is 1. The van der Waals surface area contributed by atoms with E-state index in [0.717, 1.165) is 17.7 Å². The molecule has 1 heterocycles. The highest BCUT2D eigenvalue weighted by molar-refractivity contribution is 8.66. The number of benzene rings is 3. The van der Waals surface area contributed by atoms with Gasteiger partial charge in [0.1, 0.15) is 23.5 Å². The van der Waals surface area contributed by atoms with E-state index in [1.54, 1.807) is 37.3 Å². The van der Waals surface area contributed by atoms with Crippen LogP contribution in [0.25, 0.3) is 16.6 Å². The second kappa shape index (κ2) is 10.1. The minimum absolute atomic E-state index is 0.0254. The third-order valence-corrected chi connectivity index (χ3v) is 9.84. The van der Waals surface area contributed by atoms with E-state index in [1.807, 2.05) is 0 Å². The fourth-order valence-corrected chi connectivity index (χ4v) is 5.08. The van der Waals surface area contributed by atoms with Crippen molar-refractivity contribution in [2.24, 2.45) is 0 Å². The molecule has 0 aliphatic carbocycles. The maximum absolute atomic E-state index is 14.9. The number of aromatic nitrogens is 2. The van der Waals surface area contributed by atoms with Crippen LogP contribution in [0.15, 0.2) is 54.6 Å². The number of nitrogens with one attached hydrogen (secondary N) is 1. The molecular weight excluding hydrogens is 587 g/mol. The third-order valence-electron chi connectivity index (χ3n) is 5.38. The van der Waals surface area contributed by atoms with E-state index < -0.39 is 41.3 Å². The van der Waals surface area contributed by atoms with Gasteiger partial charge >= 0.3 is 9.06 Å². The van der Waals surface area contributed by atoms with Crippen molar-refractivity contribution in [3.8, 4) is 11.4 Å². The lowest BCUT2D eigenvalue weighted by atomic mass is 10.1. The molecule has 1 amide bonds. The first-order chi connectivity index (χ1) is 17.7. The van der Waals surface area contributed by atoms with Gasteiger partial charge in [-0.15, -0.1) is 0 Å². The fourth-order valence-electron chi connectivity index (χ4n) is 3.44. The summed E-state index contributed by atoms with van der Waals surface area (Å²) in [4.78, 5) is 12.3. The highest BCUT2D eigenvalue weighted by Gasteiger charge is 2.29. The molecule has 0 aliphatic heterocycles. The van der Waals surface area contributed by atoms with Crippen LogP contribution in [0.4, 0.5) is 8.78 Å². The van der Waals surface area contributed by atoms with E-state index in [1.165, 1.54) is 21.5 Å². The van der Waals surface area contributed by atoms with Gasteiger partial charge in [0.25, 0.3) is 14.8 Å². The van der Waals surface area contributed by atoms with Crippen molar-refractivity contribution in [3.63, 3.8) is 0 Å². The van der Waals surface area contributed by atoms with Crippen molar-refractivity contribution < 1.29 is 35.1 Å².